The molecule has 1 amide bonds. The van der Waals surface area contributed by atoms with Crippen molar-refractivity contribution >= 4 is 5.91 Å². The van der Waals surface area contributed by atoms with Crippen molar-refractivity contribution in [3.05, 3.63) is 0 Å². The maximum Gasteiger partial charge on any atom is 0.220 e. The normalized spacial score (nSPS) is 39.8. The van der Waals surface area contributed by atoms with Gasteiger partial charge in [-0.1, -0.05) is 6.42 Å². The predicted octanol–water partition coefficient (Wildman–Crippen LogP) is 2.36. The molecule has 1 saturated heterocycles. The third-order valence-electron chi connectivity index (χ3n) is 5.67. The van der Waals surface area contributed by atoms with Gasteiger partial charge in [-0.2, -0.15) is 0 Å². The molecular weight excluding hydrogens is 264 g/mol. The molecule has 4 heteroatoms. The first kappa shape index (κ1) is 15.3. The summed E-state index contributed by atoms with van der Waals surface area (Å²) in [5, 5.41) is 3.33. The lowest BCUT2D eigenvalue weighted by atomic mass is 9.67. The summed E-state index contributed by atoms with van der Waals surface area (Å²) < 4.78 is 5.71. The monoisotopic (exact) mass is 294 g/mol. The smallest absolute Gasteiger partial charge is 0.220 e. The summed E-state index contributed by atoms with van der Waals surface area (Å²) in [6, 6.07) is 0.738. The van der Waals surface area contributed by atoms with Gasteiger partial charge in [-0.3, -0.25) is 4.79 Å². The molecule has 2 aliphatic carbocycles. The third kappa shape index (κ3) is 3.98. The Morgan fingerprint density at radius 2 is 1.86 bits per heavy atom. The highest BCUT2D eigenvalue weighted by Gasteiger charge is 2.39. The number of nitrogens with two attached hydrogens (primary N) is 1. The summed E-state index contributed by atoms with van der Waals surface area (Å²) in [5.41, 5.74) is 6.14. The van der Waals surface area contributed by atoms with Crippen LogP contribution < -0.4 is 11.1 Å². The van der Waals surface area contributed by atoms with Crippen molar-refractivity contribution in [3.63, 3.8) is 0 Å². The molecule has 0 spiro atoms. The van der Waals surface area contributed by atoms with E-state index >= 15 is 0 Å². The molecule has 3 fully saturated rings. The fraction of sp³-hybridized carbons (Fsp3) is 0.941. The maximum atomic E-state index is 12.3. The van der Waals surface area contributed by atoms with Gasteiger partial charge in [0.2, 0.25) is 5.91 Å². The van der Waals surface area contributed by atoms with E-state index in [0.717, 1.165) is 32.3 Å². The first-order valence-corrected chi connectivity index (χ1v) is 8.89. The minimum atomic E-state index is 0.224. The molecule has 0 aromatic rings. The lowest BCUT2D eigenvalue weighted by Crippen LogP contribution is -2.53. The van der Waals surface area contributed by atoms with Crippen LogP contribution >= 0.6 is 0 Å². The van der Waals surface area contributed by atoms with E-state index in [1.165, 1.54) is 32.1 Å². The standard InChI is InChI=1S/C17H30N2O2/c18-14-10-12-4-3-5-13(11-14)17(12)19-16(20)8-7-15-6-1-2-9-21-15/h12-15,17H,1-11,18H2,(H,19,20). The number of nitrogens with one attached hydrogen (secondary N) is 1. The molecular formula is C17H30N2O2. The number of carbonyl (C=O) groups is 1. The zero-order chi connectivity index (χ0) is 14.7. The van der Waals surface area contributed by atoms with Crippen LogP contribution in [0.5, 0.6) is 0 Å². The summed E-state index contributed by atoms with van der Waals surface area (Å²) in [5.74, 6) is 1.45. The second kappa shape index (κ2) is 7.10. The van der Waals surface area contributed by atoms with Gasteiger partial charge < -0.3 is 15.8 Å². The quantitative estimate of drug-likeness (QED) is 0.836. The fourth-order valence-corrected chi connectivity index (χ4v) is 4.61. The van der Waals surface area contributed by atoms with Crippen LogP contribution in [-0.4, -0.2) is 30.7 Å². The average Bonchev–Trinajstić information content (AvgIpc) is 2.47. The Kier molecular flexibility index (Phi) is 5.17. The molecule has 3 rings (SSSR count). The van der Waals surface area contributed by atoms with E-state index in [2.05, 4.69) is 5.32 Å². The van der Waals surface area contributed by atoms with Gasteiger partial charge in [0, 0.05) is 25.1 Å². The van der Waals surface area contributed by atoms with Crippen LogP contribution in [0.1, 0.15) is 64.2 Å². The average molecular weight is 294 g/mol. The summed E-state index contributed by atoms with van der Waals surface area (Å²) in [6.07, 6.45) is 11.3. The number of carbonyl (C=O) groups excluding carboxylic acids is 1. The Morgan fingerprint density at radius 3 is 2.52 bits per heavy atom. The van der Waals surface area contributed by atoms with Crippen molar-refractivity contribution in [3.8, 4) is 0 Å². The molecule has 21 heavy (non-hydrogen) atoms. The Bertz CT molecular complexity index is 341. The molecule has 0 aromatic carbocycles. The van der Waals surface area contributed by atoms with Gasteiger partial charge in [-0.25, -0.2) is 0 Å². The Morgan fingerprint density at radius 1 is 1.10 bits per heavy atom. The van der Waals surface area contributed by atoms with Gasteiger partial charge in [0.25, 0.3) is 0 Å². The van der Waals surface area contributed by atoms with Crippen LogP contribution in [0.15, 0.2) is 0 Å². The largest absolute Gasteiger partial charge is 0.378 e. The Balaban J connectivity index is 1.45. The van der Waals surface area contributed by atoms with Crippen molar-refractivity contribution in [2.75, 3.05) is 6.61 Å². The van der Waals surface area contributed by atoms with Crippen molar-refractivity contribution in [2.45, 2.75) is 82.4 Å². The van der Waals surface area contributed by atoms with Gasteiger partial charge in [-0.05, 0) is 63.2 Å². The van der Waals surface area contributed by atoms with Crippen molar-refractivity contribution in [1.29, 1.82) is 0 Å². The van der Waals surface area contributed by atoms with E-state index in [1.54, 1.807) is 0 Å². The summed E-state index contributed by atoms with van der Waals surface area (Å²) >= 11 is 0. The summed E-state index contributed by atoms with van der Waals surface area (Å²) in [6.45, 7) is 0.872. The number of hydrogen-bond donors (Lipinski definition) is 2. The third-order valence-corrected chi connectivity index (χ3v) is 5.67. The second-order valence-electron chi connectivity index (χ2n) is 7.30. The highest BCUT2D eigenvalue weighted by atomic mass is 16.5. The van der Waals surface area contributed by atoms with E-state index in [9.17, 15) is 4.79 Å². The van der Waals surface area contributed by atoms with E-state index in [0.29, 0.717) is 36.4 Å². The molecule has 3 atom stereocenters. The van der Waals surface area contributed by atoms with Crippen LogP contribution in [0.25, 0.3) is 0 Å². The number of ether oxygens (including phenoxy) is 1. The number of rotatable bonds is 4. The minimum Gasteiger partial charge on any atom is -0.378 e. The Hall–Kier alpha value is -0.610. The lowest BCUT2D eigenvalue weighted by molar-refractivity contribution is -0.124. The zero-order valence-electron chi connectivity index (χ0n) is 13.1. The van der Waals surface area contributed by atoms with Crippen molar-refractivity contribution < 1.29 is 9.53 Å². The van der Waals surface area contributed by atoms with Gasteiger partial charge in [0.1, 0.15) is 0 Å². The first-order valence-electron chi connectivity index (χ1n) is 8.89. The molecule has 2 bridgehead atoms. The van der Waals surface area contributed by atoms with Gasteiger partial charge in [-0.15, -0.1) is 0 Å². The number of amides is 1. The molecule has 2 saturated carbocycles. The van der Waals surface area contributed by atoms with Crippen molar-refractivity contribution in [1.82, 2.24) is 5.32 Å². The van der Waals surface area contributed by atoms with Crippen LogP contribution in [0.2, 0.25) is 0 Å². The SMILES string of the molecule is NC1CC2CCCC(C1)C2NC(=O)CCC1CCCCO1. The molecule has 0 aromatic heterocycles. The Labute approximate surface area is 128 Å². The molecule has 4 nitrogen and oxygen atoms in total. The van der Waals surface area contributed by atoms with E-state index < -0.39 is 0 Å². The van der Waals surface area contributed by atoms with Crippen LogP contribution in [0, 0.1) is 11.8 Å². The highest BCUT2D eigenvalue weighted by Crippen LogP contribution is 2.39. The number of hydrogen-bond acceptors (Lipinski definition) is 3. The second-order valence-corrected chi connectivity index (χ2v) is 7.30. The highest BCUT2D eigenvalue weighted by molar-refractivity contribution is 5.76. The molecule has 3 N–H and O–H groups in total. The topological polar surface area (TPSA) is 64.3 Å². The van der Waals surface area contributed by atoms with Crippen molar-refractivity contribution in [2.24, 2.45) is 17.6 Å². The maximum absolute atomic E-state index is 12.3. The molecule has 1 heterocycles. The van der Waals surface area contributed by atoms with Gasteiger partial charge in [0.15, 0.2) is 0 Å². The summed E-state index contributed by atoms with van der Waals surface area (Å²) in [7, 11) is 0. The van der Waals surface area contributed by atoms with Crippen LogP contribution in [-0.2, 0) is 9.53 Å². The summed E-state index contributed by atoms with van der Waals surface area (Å²) in [4.78, 5) is 12.3. The molecule has 3 unspecified atom stereocenters. The van der Waals surface area contributed by atoms with E-state index in [-0.39, 0.29) is 5.91 Å². The van der Waals surface area contributed by atoms with Crippen LogP contribution in [0.3, 0.4) is 0 Å². The lowest BCUT2D eigenvalue weighted by Gasteiger charge is -2.45. The fourth-order valence-electron chi connectivity index (χ4n) is 4.61. The predicted molar refractivity (Wildman–Crippen MR) is 82.8 cm³/mol. The first-order chi connectivity index (χ1) is 10.2. The molecule has 1 aliphatic heterocycles. The minimum absolute atomic E-state index is 0.224. The molecule has 3 aliphatic rings. The molecule has 0 radical (unpaired) electrons. The van der Waals surface area contributed by atoms with Gasteiger partial charge >= 0.3 is 0 Å². The van der Waals surface area contributed by atoms with Gasteiger partial charge in [0.05, 0.1) is 6.10 Å². The van der Waals surface area contributed by atoms with Crippen LogP contribution in [0.4, 0.5) is 0 Å². The number of fused-ring (bicyclic) bond motifs is 2. The zero-order valence-corrected chi connectivity index (χ0v) is 13.1. The van der Waals surface area contributed by atoms with E-state index in [1.807, 2.05) is 0 Å². The molecule has 120 valence electrons. The van der Waals surface area contributed by atoms with E-state index in [4.69, 9.17) is 10.5 Å².